The Kier molecular flexibility index (Phi) is 3.42. The number of carbonyl (C=O) groups excluding carboxylic acids is 1. The number of hydrogen-bond acceptors (Lipinski definition) is 2. The molecule has 2 unspecified atom stereocenters. The molecule has 1 aromatic carbocycles. The number of urea groups is 1. The molecule has 2 aliphatic heterocycles. The number of amides is 2. The van der Waals surface area contributed by atoms with Crippen molar-refractivity contribution in [1.82, 2.24) is 10.2 Å². The molecule has 4 heteroatoms. The van der Waals surface area contributed by atoms with E-state index in [1.165, 1.54) is 5.56 Å². The fourth-order valence-corrected chi connectivity index (χ4v) is 3.58. The lowest BCUT2D eigenvalue weighted by molar-refractivity contribution is 0.100. The highest BCUT2D eigenvalue weighted by atomic mass is 16.2. The van der Waals surface area contributed by atoms with Crippen LogP contribution in [0, 0.1) is 6.92 Å². The summed E-state index contributed by atoms with van der Waals surface area (Å²) in [5.74, 6) is 0. The van der Waals surface area contributed by atoms with Crippen molar-refractivity contribution in [3.8, 4) is 0 Å². The number of nitrogens with zero attached hydrogens (tertiary/aromatic N) is 1. The third kappa shape index (κ3) is 2.18. The van der Waals surface area contributed by atoms with E-state index in [0.29, 0.717) is 6.04 Å². The average molecular weight is 273 g/mol. The van der Waals surface area contributed by atoms with Crippen LogP contribution in [-0.4, -0.2) is 35.6 Å². The summed E-state index contributed by atoms with van der Waals surface area (Å²) in [6, 6.07) is 8.38. The molecule has 3 rings (SSSR count). The van der Waals surface area contributed by atoms with E-state index in [4.69, 9.17) is 0 Å². The predicted molar refractivity (Wildman–Crippen MR) is 81.0 cm³/mol. The average Bonchev–Trinajstić information content (AvgIpc) is 2.69. The van der Waals surface area contributed by atoms with Gasteiger partial charge in [0.25, 0.3) is 0 Å². The van der Waals surface area contributed by atoms with Gasteiger partial charge in [0.2, 0.25) is 0 Å². The minimum absolute atomic E-state index is 0.0116. The number of piperazine rings is 1. The molecule has 2 amide bonds. The second-order valence-corrected chi connectivity index (χ2v) is 6.07. The zero-order chi connectivity index (χ0) is 14.2. The van der Waals surface area contributed by atoms with Gasteiger partial charge < -0.3 is 15.5 Å². The normalized spacial score (nSPS) is 28.5. The number of fused-ring (bicyclic) bond motifs is 2. The number of rotatable bonds is 2. The van der Waals surface area contributed by atoms with Gasteiger partial charge in [-0.3, -0.25) is 0 Å². The van der Waals surface area contributed by atoms with Crippen molar-refractivity contribution in [3.05, 3.63) is 29.8 Å². The van der Waals surface area contributed by atoms with Gasteiger partial charge in [-0.15, -0.1) is 0 Å². The first-order chi connectivity index (χ1) is 9.64. The molecular weight excluding hydrogens is 250 g/mol. The number of nitrogens with one attached hydrogen (secondary N) is 2. The molecule has 2 aliphatic rings. The SMILES string of the molecule is CCC12CCC(CNC1)N2C(=O)Nc1ccc(C)cc1. The lowest BCUT2D eigenvalue weighted by Gasteiger charge is -2.44. The lowest BCUT2D eigenvalue weighted by Crippen LogP contribution is -2.62. The molecule has 2 atom stereocenters. The molecule has 2 fully saturated rings. The Hall–Kier alpha value is -1.55. The Labute approximate surface area is 120 Å². The van der Waals surface area contributed by atoms with Crippen molar-refractivity contribution < 1.29 is 4.79 Å². The summed E-state index contributed by atoms with van der Waals surface area (Å²) in [5.41, 5.74) is 2.09. The number of aryl methyl sites for hydroxylation is 1. The second-order valence-electron chi connectivity index (χ2n) is 6.07. The van der Waals surface area contributed by atoms with Crippen LogP contribution >= 0.6 is 0 Å². The Morgan fingerprint density at radius 3 is 2.90 bits per heavy atom. The fraction of sp³-hybridized carbons (Fsp3) is 0.562. The van der Waals surface area contributed by atoms with Gasteiger partial charge in [-0.1, -0.05) is 24.6 Å². The molecular formula is C16H23N3O. The van der Waals surface area contributed by atoms with E-state index in [0.717, 1.165) is 38.0 Å². The topological polar surface area (TPSA) is 44.4 Å². The highest BCUT2D eigenvalue weighted by molar-refractivity contribution is 5.90. The van der Waals surface area contributed by atoms with Crippen molar-refractivity contribution in [2.75, 3.05) is 18.4 Å². The molecule has 4 nitrogen and oxygen atoms in total. The van der Waals surface area contributed by atoms with E-state index in [1.54, 1.807) is 0 Å². The van der Waals surface area contributed by atoms with Crippen LogP contribution in [-0.2, 0) is 0 Å². The van der Waals surface area contributed by atoms with Gasteiger partial charge in [-0.2, -0.15) is 0 Å². The molecule has 0 aliphatic carbocycles. The van der Waals surface area contributed by atoms with Gasteiger partial charge >= 0.3 is 6.03 Å². The summed E-state index contributed by atoms with van der Waals surface area (Å²) in [4.78, 5) is 14.8. The molecule has 0 aromatic heterocycles. The van der Waals surface area contributed by atoms with Gasteiger partial charge in [0.05, 0.1) is 5.54 Å². The zero-order valence-corrected chi connectivity index (χ0v) is 12.3. The largest absolute Gasteiger partial charge is 0.322 e. The van der Waals surface area contributed by atoms with Crippen LogP contribution in [0.4, 0.5) is 10.5 Å². The summed E-state index contributed by atoms with van der Waals surface area (Å²) in [7, 11) is 0. The van der Waals surface area contributed by atoms with Gasteiger partial charge in [-0.25, -0.2) is 4.79 Å². The van der Waals surface area contributed by atoms with Gasteiger partial charge in [0, 0.05) is 24.8 Å². The Bertz CT molecular complexity index is 495. The van der Waals surface area contributed by atoms with E-state index in [1.807, 2.05) is 31.2 Å². The lowest BCUT2D eigenvalue weighted by atomic mass is 9.92. The maximum Gasteiger partial charge on any atom is 0.322 e. The van der Waals surface area contributed by atoms with E-state index >= 15 is 0 Å². The van der Waals surface area contributed by atoms with E-state index in [2.05, 4.69) is 22.5 Å². The van der Waals surface area contributed by atoms with Gasteiger partial charge in [-0.05, 0) is 38.3 Å². The third-order valence-corrected chi connectivity index (χ3v) is 4.83. The smallest absolute Gasteiger partial charge is 0.313 e. The van der Waals surface area contributed by atoms with E-state index in [-0.39, 0.29) is 11.6 Å². The standard InChI is InChI=1S/C16H23N3O/c1-3-16-9-8-14(10-17-11-16)19(16)15(20)18-13-6-4-12(2)5-7-13/h4-7,14,17H,3,8-11H2,1-2H3,(H,18,20). The van der Waals surface area contributed by atoms with Crippen molar-refractivity contribution in [2.45, 2.75) is 44.7 Å². The van der Waals surface area contributed by atoms with Crippen molar-refractivity contribution in [2.24, 2.45) is 0 Å². The molecule has 1 aromatic rings. The molecule has 108 valence electrons. The fourth-order valence-electron chi connectivity index (χ4n) is 3.58. The van der Waals surface area contributed by atoms with Crippen molar-refractivity contribution >= 4 is 11.7 Å². The predicted octanol–water partition coefficient (Wildman–Crippen LogP) is 2.74. The third-order valence-electron chi connectivity index (χ3n) is 4.83. The van der Waals surface area contributed by atoms with Crippen LogP contribution in [0.1, 0.15) is 31.7 Å². The molecule has 2 heterocycles. The molecule has 2 saturated heterocycles. The zero-order valence-electron chi connectivity index (χ0n) is 12.3. The highest BCUT2D eigenvalue weighted by Crippen LogP contribution is 2.38. The highest BCUT2D eigenvalue weighted by Gasteiger charge is 2.49. The number of carbonyl (C=O) groups is 1. The molecule has 0 saturated carbocycles. The quantitative estimate of drug-likeness (QED) is 0.870. The molecule has 2 bridgehead atoms. The van der Waals surface area contributed by atoms with Crippen LogP contribution in [0.2, 0.25) is 0 Å². The molecule has 0 radical (unpaired) electrons. The van der Waals surface area contributed by atoms with Crippen LogP contribution in [0.3, 0.4) is 0 Å². The first kappa shape index (κ1) is 13.4. The first-order valence-corrected chi connectivity index (χ1v) is 7.52. The first-order valence-electron chi connectivity index (χ1n) is 7.52. The van der Waals surface area contributed by atoms with Crippen LogP contribution in [0.25, 0.3) is 0 Å². The molecule has 20 heavy (non-hydrogen) atoms. The van der Waals surface area contributed by atoms with Crippen LogP contribution in [0.15, 0.2) is 24.3 Å². The summed E-state index contributed by atoms with van der Waals surface area (Å²) in [5, 5.41) is 6.53. The Morgan fingerprint density at radius 1 is 1.45 bits per heavy atom. The number of anilines is 1. The second kappa shape index (κ2) is 5.09. The minimum Gasteiger partial charge on any atom is -0.313 e. The van der Waals surface area contributed by atoms with E-state index in [9.17, 15) is 4.79 Å². The monoisotopic (exact) mass is 273 g/mol. The van der Waals surface area contributed by atoms with Gasteiger partial charge in [0.15, 0.2) is 0 Å². The van der Waals surface area contributed by atoms with Crippen LogP contribution in [0.5, 0.6) is 0 Å². The maximum atomic E-state index is 12.7. The van der Waals surface area contributed by atoms with Crippen molar-refractivity contribution in [1.29, 1.82) is 0 Å². The van der Waals surface area contributed by atoms with E-state index < -0.39 is 0 Å². The summed E-state index contributed by atoms with van der Waals surface area (Å²) in [6.45, 7) is 6.07. The van der Waals surface area contributed by atoms with Crippen molar-refractivity contribution in [3.63, 3.8) is 0 Å². The summed E-state index contributed by atoms with van der Waals surface area (Å²) < 4.78 is 0. The van der Waals surface area contributed by atoms with Crippen LogP contribution < -0.4 is 10.6 Å². The summed E-state index contributed by atoms with van der Waals surface area (Å²) >= 11 is 0. The minimum atomic E-state index is 0.0116. The van der Waals surface area contributed by atoms with Gasteiger partial charge in [0.1, 0.15) is 0 Å². The number of benzene rings is 1. The maximum absolute atomic E-state index is 12.7. The molecule has 2 N–H and O–H groups in total. The Morgan fingerprint density at radius 2 is 2.20 bits per heavy atom. The number of hydrogen-bond donors (Lipinski definition) is 2. The summed E-state index contributed by atoms with van der Waals surface area (Å²) in [6.07, 6.45) is 3.24. The Balaban J connectivity index is 1.78. The molecule has 0 spiro atoms.